The first-order valence-corrected chi connectivity index (χ1v) is 7.89. The second kappa shape index (κ2) is 6.24. The number of thioether (sulfide) groups is 1. The van der Waals surface area contributed by atoms with E-state index in [1.807, 2.05) is 0 Å². The first-order valence-electron chi connectivity index (χ1n) is 6.66. The van der Waals surface area contributed by atoms with Crippen LogP contribution < -0.4 is 4.90 Å². The summed E-state index contributed by atoms with van der Waals surface area (Å²) >= 11 is 6.47. The number of hydrogen-bond acceptors (Lipinski definition) is 5. The Labute approximate surface area is 142 Å². The van der Waals surface area contributed by atoms with Gasteiger partial charge in [-0.2, -0.15) is 5.26 Å². The minimum Gasteiger partial charge on any atom is -0.508 e. The summed E-state index contributed by atoms with van der Waals surface area (Å²) in [5, 5.41) is 18.7. The van der Waals surface area contributed by atoms with Gasteiger partial charge in [0.2, 0.25) is 0 Å². The van der Waals surface area contributed by atoms with Crippen molar-refractivity contribution in [2.24, 2.45) is 0 Å². The predicted molar refractivity (Wildman–Crippen MR) is 94.9 cm³/mol. The minimum absolute atomic E-state index is 0.129. The first-order chi connectivity index (χ1) is 11.1. The highest BCUT2D eigenvalue weighted by Crippen LogP contribution is 2.37. The molecular weight excluding hydrogens is 328 g/mol. The van der Waals surface area contributed by atoms with Crippen LogP contribution in [0.5, 0.6) is 5.75 Å². The summed E-state index contributed by atoms with van der Waals surface area (Å²) in [5.74, 6) is -0.143. The van der Waals surface area contributed by atoms with Crippen LogP contribution in [-0.2, 0) is 4.79 Å². The molecule has 0 spiro atoms. The third kappa shape index (κ3) is 2.97. The summed E-state index contributed by atoms with van der Waals surface area (Å²) in [5.41, 5.74) is 1.58. The molecule has 1 aliphatic heterocycles. The summed E-state index contributed by atoms with van der Waals surface area (Å²) in [7, 11) is 0. The van der Waals surface area contributed by atoms with Crippen molar-refractivity contribution in [3.8, 4) is 11.8 Å². The van der Waals surface area contributed by atoms with Crippen molar-refractivity contribution in [3.05, 3.63) is 64.6 Å². The highest BCUT2D eigenvalue weighted by molar-refractivity contribution is 8.27. The van der Waals surface area contributed by atoms with Gasteiger partial charge in [-0.25, -0.2) is 0 Å². The standard InChI is InChI=1S/C17H10N2O2S2/c18-10-12-5-1-2-7-14(12)19-16(21)15(23-17(19)22)9-11-4-3-6-13(20)8-11/h1-9,20H/b15-9-. The van der Waals surface area contributed by atoms with E-state index in [2.05, 4.69) is 6.07 Å². The Balaban J connectivity index is 1.99. The van der Waals surface area contributed by atoms with Crippen LogP contribution in [0.4, 0.5) is 5.69 Å². The molecule has 23 heavy (non-hydrogen) atoms. The second-order valence-electron chi connectivity index (χ2n) is 4.74. The van der Waals surface area contributed by atoms with Gasteiger partial charge in [-0.3, -0.25) is 9.69 Å². The number of nitriles is 1. The normalized spacial score (nSPS) is 16.0. The number of phenols is 1. The van der Waals surface area contributed by atoms with Crippen LogP contribution in [0.25, 0.3) is 6.08 Å². The van der Waals surface area contributed by atoms with E-state index in [9.17, 15) is 15.2 Å². The maximum atomic E-state index is 12.7. The summed E-state index contributed by atoms with van der Waals surface area (Å²) in [6.45, 7) is 0. The fourth-order valence-corrected chi connectivity index (χ4v) is 3.49. The molecule has 2 aromatic carbocycles. The lowest BCUT2D eigenvalue weighted by molar-refractivity contribution is -0.113. The molecule has 0 radical (unpaired) electrons. The van der Waals surface area contributed by atoms with E-state index in [1.165, 1.54) is 16.7 Å². The Morgan fingerprint density at radius 3 is 2.74 bits per heavy atom. The highest BCUT2D eigenvalue weighted by atomic mass is 32.2. The molecular formula is C17H10N2O2S2. The van der Waals surface area contributed by atoms with E-state index in [-0.39, 0.29) is 11.7 Å². The fourth-order valence-electron chi connectivity index (χ4n) is 2.20. The van der Waals surface area contributed by atoms with Gasteiger partial charge in [0.25, 0.3) is 5.91 Å². The molecule has 4 nitrogen and oxygen atoms in total. The van der Waals surface area contributed by atoms with Crippen molar-refractivity contribution in [2.45, 2.75) is 0 Å². The van der Waals surface area contributed by atoms with Crippen LogP contribution in [0.2, 0.25) is 0 Å². The topological polar surface area (TPSA) is 64.3 Å². The molecule has 1 amide bonds. The van der Waals surface area contributed by atoms with Gasteiger partial charge in [-0.05, 0) is 35.9 Å². The molecule has 0 aliphatic carbocycles. The van der Waals surface area contributed by atoms with E-state index in [1.54, 1.807) is 54.6 Å². The zero-order valence-corrected chi connectivity index (χ0v) is 13.4. The maximum Gasteiger partial charge on any atom is 0.270 e. The Kier molecular flexibility index (Phi) is 4.15. The molecule has 0 atom stereocenters. The number of carbonyl (C=O) groups excluding carboxylic acids is 1. The number of rotatable bonds is 2. The molecule has 2 aromatic rings. The number of benzene rings is 2. The maximum absolute atomic E-state index is 12.7. The molecule has 1 aliphatic rings. The van der Waals surface area contributed by atoms with Gasteiger partial charge in [-0.15, -0.1) is 0 Å². The Morgan fingerprint density at radius 1 is 1.22 bits per heavy atom. The Morgan fingerprint density at radius 2 is 2.00 bits per heavy atom. The van der Waals surface area contributed by atoms with E-state index in [0.29, 0.717) is 26.0 Å². The Hall–Kier alpha value is -2.62. The van der Waals surface area contributed by atoms with Gasteiger partial charge >= 0.3 is 0 Å². The number of hydrogen-bond donors (Lipinski definition) is 1. The lowest BCUT2D eigenvalue weighted by atomic mass is 10.1. The van der Waals surface area contributed by atoms with Crippen molar-refractivity contribution in [1.82, 2.24) is 0 Å². The van der Waals surface area contributed by atoms with E-state index >= 15 is 0 Å². The summed E-state index contributed by atoms with van der Waals surface area (Å²) in [6, 6.07) is 15.5. The summed E-state index contributed by atoms with van der Waals surface area (Å²) in [6.07, 6.45) is 1.67. The van der Waals surface area contributed by atoms with Gasteiger partial charge in [0.05, 0.1) is 16.2 Å². The van der Waals surface area contributed by atoms with Gasteiger partial charge in [0.15, 0.2) is 4.32 Å². The van der Waals surface area contributed by atoms with Crippen LogP contribution in [-0.4, -0.2) is 15.3 Å². The predicted octanol–water partition coefficient (Wildman–Crippen LogP) is 3.67. The number of thiocarbonyl (C=S) groups is 1. The smallest absolute Gasteiger partial charge is 0.270 e. The van der Waals surface area contributed by atoms with Gasteiger partial charge in [-0.1, -0.05) is 48.2 Å². The average molecular weight is 338 g/mol. The first kappa shape index (κ1) is 15.3. The van der Waals surface area contributed by atoms with Crippen LogP contribution in [0, 0.1) is 11.3 Å². The second-order valence-corrected chi connectivity index (χ2v) is 6.42. The lowest BCUT2D eigenvalue weighted by Crippen LogP contribution is -2.28. The monoisotopic (exact) mass is 338 g/mol. The van der Waals surface area contributed by atoms with Gasteiger partial charge < -0.3 is 5.11 Å². The summed E-state index contributed by atoms with van der Waals surface area (Å²) < 4.78 is 0.379. The molecule has 0 aromatic heterocycles. The van der Waals surface area contributed by atoms with Crippen LogP contribution >= 0.6 is 24.0 Å². The number of phenolic OH excluding ortho intramolecular Hbond substituents is 1. The van der Waals surface area contributed by atoms with Crippen molar-refractivity contribution < 1.29 is 9.90 Å². The SMILES string of the molecule is N#Cc1ccccc1N1C(=O)/C(=C/c2cccc(O)c2)SC1=S. The Bertz CT molecular complexity index is 884. The van der Waals surface area contributed by atoms with Gasteiger partial charge in [0, 0.05) is 0 Å². The fraction of sp³-hybridized carbons (Fsp3) is 0. The van der Waals surface area contributed by atoms with E-state index in [4.69, 9.17) is 12.2 Å². The molecule has 1 heterocycles. The van der Waals surface area contributed by atoms with Crippen LogP contribution in [0.1, 0.15) is 11.1 Å². The zero-order valence-electron chi connectivity index (χ0n) is 11.8. The quantitative estimate of drug-likeness (QED) is 0.668. The van der Waals surface area contributed by atoms with Crippen LogP contribution in [0.15, 0.2) is 53.4 Å². The number of amides is 1. The molecule has 3 rings (SSSR count). The van der Waals surface area contributed by atoms with Crippen molar-refractivity contribution >= 4 is 46.0 Å². The van der Waals surface area contributed by atoms with Crippen molar-refractivity contribution in [3.63, 3.8) is 0 Å². The average Bonchev–Trinajstić information content (AvgIpc) is 2.81. The van der Waals surface area contributed by atoms with E-state index in [0.717, 1.165) is 0 Å². The number of para-hydroxylation sites is 1. The largest absolute Gasteiger partial charge is 0.508 e. The molecule has 0 unspecified atom stereocenters. The molecule has 1 saturated heterocycles. The van der Waals surface area contributed by atoms with Gasteiger partial charge in [0.1, 0.15) is 11.8 Å². The molecule has 1 N–H and O–H groups in total. The van der Waals surface area contributed by atoms with Crippen molar-refractivity contribution in [1.29, 1.82) is 5.26 Å². The van der Waals surface area contributed by atoms with Crippen molar-refractivity contribution in [2.75, 3.05) is 4.90 Å². The third-order valence-electron chi connectivity index (χ3n) is 3.23. The zero-order chi connectivity index (χ0) is 16.4. The number of carbonyl (C=O) groups is 1. The molecule has 0 bridgehead atoms. The molecule has 0 saturated carbocycles. The molecule has 1 fully saturated rings. The lowest BCUT2D eigenvalue weighted by Gasteiger charge is -2.15. The third-order valence-corrected chi connectivity index (χ3v) is 4.53. The number of anilines is 1. The van der Waals surface area contributed by atoms with Crippen LogP contribution in [0.3, 0.4) is 0 Å². The summed E-state index contributed by atoms with van der Waals surface area (Å²) in [4.78, 5) is 14.5. The van der Waals surface area contributed by atoms with E-state index < -0.39 is 0 Å². The molecule has 112 valence electrons. The molecule has 6 heteroatoms. The number of aromatic hydroxyl groups is 1. The number of nitrogens with zero attached hydrogens (tertiary/aromatic N) is 2. The minimum atomic E-state index is -0.272. The highest BCUT2D eigenvalue weighted by Gasteiger charge is 2.34.